The van der Waals surface area contributed by atoms with Crippen LogP contribution in [0.3, 0.4) is 0 Å². The van der Waals surface area contributed by atoms with Crippen molar-refractivity contribution in [2.45, 2.75) is 103 Å². The van der Waals surface area contributed by atoms with Gasteiger partial charge in [-0.15, -0.1) is 0 Å². The monoisotopic (exact) mass is 490 g/mol. The second kappa shape index (κ2) is 8.53. The average molecular weight is 491 g/mol. The molecule has 0 amide bonds. The van der Waals surface area contributed by atoms with Gasteiger partial charge in [0.15, 0.2) is 11.5 Å². The molecule has 0 heterocycles. The molecule has 0 aromatic rings. The van der Waals surface area contributed by atoms with Crippen LogP contribution >= 0.6 is 0 Å². The van der Waals surface area contributed by atoms with Gasteiger partial charge >= 0.3 is 11.9 Å². The first-order chi connectivity index (χ1) is 16.3. The lowest BCUT2D eigenvalue weighted by Gasteiger charge is -2.63. The summed E-state index contributed by atoms with van der Waals surface area (Å²) >= 11 is 0. The molecule has 4 rings (SSSR count). The molecule has 7 heteroatoms. The summed E-state index contributed by atoms with van der Waals surface area (Å²) in [5, 5.41) is 22.1. The molecule has 4 aliphatic rings. The van der Waals surface area contributed by atoms with E-state index >= 15 is 4.39 Å². The van der Waals surface area contributed by atoms with Crippen LogP contribution in [0.1, 0.15) is 86.0 Å². The first kappa shape index (κ1) is 26.1. The fourth-order valence-electron chi connectivity index (χ4n) is 8.51. The van der Waals surface area contributed by atoms with Gasteiger partial charge in [-0.1, -0.05) is 45.3 Å². The highest BCUT2D eigenvalue weighted by Crippen LogP contribution is 2.72. The molecule has 3 fully saturated rings. The summed E-state index contributed by atoms with van der Waals surface area (Å²) in [5.74, 6) is -3.49. The molecule has 0 saturated heterocycles. The highest BCUT2D eigenvalue weighted by atomic mass is 19.1. The summed E-state index contributed by atoms with van der Waals surface area (Å²) in [6, 6.07) is 0. The Kier molecular flexibility index (Phi) is 6.35. The highest BCUT2D eigenvalue weighted by molar-refractivity contribution is 6.02. The zero-order valence-corrected chi connectivity index (χ0v) is 21.5. The maximum absolute atomic E-state index is 17.7. The highest BCUT2D eigenvalue weighted by Gasteiger charge is 2.78. The van der Waals surface area contributed by atoms with Crippen LogP contribution in [0.15, 0.2) is 23.3 Å². The minimum atomic E-state index is -2.05. The van der Waals surface area contributed by atoms with E-state index in [2.05, 4.69) is 0 Å². The number of halogens is 1. The van der Waals surface area contributed by atoms with Crippen molar-refractivity contribution in [1.29, 1.82) is 0 Å². The molecule has 0 aliphatic heterocycles. The second-order valence-corrected chi connectivity index (χ2v) is 11.7. The molecule has 3 saturated carbocycles. The van der Waals surface area contributed by atoms with Crippen LogP contribution in [0.4, 0.5) is 4.39 Å². The minimum absolute atomic E-state index is 0.104. The van der Waals surface area contributed by atoms with Crippen molar-refractivity contribution in [3.8, 4) is 0 Å². The predicted octanol–water partition coefficient (Wildman–Crippen LogP) is 4.94. The number of aliphatic hydroxyl groups is 1. The smallest absolute Gasteiger partial charge is 0.349 e. The Hall–Kier alpha value is -2.02. The van der Waals surface area contributed by atoms with E-state index in [9.17, 15) is 24.6 Å². The summed E-state index contributed by atoms with van der Waals surface area (Å²) < 4.78 is 23.5. The quantitative estimate of drug-likeness (QED) is 0.512. The molecular formula is C28H39FO6. The first-order valence-electron chi connectivity index (χ1n) is 13.1. The number of aliphatic hydroxyl groups excluding tert-OH is 1. The van der Waals surface area contributed by atoms with E-state index in [1.807, 2.05) is 20.8 Å². The lowest BCUT2D eigenvalue weighted by molar-refractivity contribution is -0.235. The Morgan fingerprint density at radius 2 is 1.86 bits per heavy atom. The van der Waals surface area contributed by atoms with Gasteiger partial charge in [0.25, 0.3) is 0 Å². The third kappa shape index (κ3) is 3.19. The van der Waals surface area contributed by atoms with E-state index in [-0.39, 0.29) is 18.6 Å². The van der Waals surface area contributed by atoms with E-state index in [1.165, 1.54) is 12.2 Å². The normalized spacial score (nSPS) is 44.5. The fourth-order valence-corrected chi connectivity index (χ4v) is 8.51. The van der Waals surface area contributed by atoms with Crippen molar-refractivity contribution in [3.63, 3.8) is 0 Å². The van der Waals surface area contributed by atoms with Crippen LogP contribution in [0.2, 0.25) is 0 Å². The Labute approximate surface area is 207 Å². The van der Waals surface area contributed by atoms with Crippen LogP contribution in [0.25, 0.3) is 0 Å². The van der Waals surface area contributed by atoms with Gasteiger partial charge in [-0.2, -0.15) is 0 Å². The number of carbonyl (C=O) groups is 3. The molecule has 0 spiro atoms. The number of allylic oxidation sites excluding steroid dienone is 4. The number of carboxylic acid groups (broad SMARTS) is 1. The summed E-state index contributed by atoms with van der Waals surface area (Å²) in [4.78, 5) is 37.9. The van der Waals surface area contributed by atoms with Gasteiger partial charge in [0.2, 0.25) is 5.60 Å². The average Bonchev–Trinajstić information content (AvgIpc) is 2.98. The van der Waals surface area contributed by atoms with Crippen molar-refractivity contribution in [3.05, 3.63) is 23.3 Å². The lowest BCUT2D eigenvalue weighted by atomic mass is 9.43. The van der Waals surface area contributed by atoms with Crippen molar-refractivity contribution < 1.29 is 33.7 Å². The van der Waals surface area contributed by atoms with E-state index in [1.54, 1.807) is 13.8 Å². The topological polar surface area (TPSA) is 101 Å². The minimum Gasteiger partial charge on any atom is -0.478 e. The largest absolute Gasteiger partial charge is 0.478 e. The van der Waals surface area contributed by atoms with Gasteiger partial charge in [-0.05, 0) is 63.5 Å². The molecule has 194 valence electrons. The maximum Gasteiger partial charge on any atom is 0.349 e. The van der Waals surface area contributed by atoms with E-state index in [0.29, 0.717) is 37.7 Å². The van der Waals surface area contributed by atoms with Gasteiger partial charge in [-0.25, -0.2) is 9.18 Å². The Morgan fingerprint density at radius 3 is 2.46 bits per heavy atom. The molecule has 0 aromatic carbocycles. The van der Waals surface area contributed by atoms with Gasteiger partial charge in [0, 0.05) is 29.1 Å². The number of carbonyl (C=O) groups excluding carboxylic acids is 2. The SMILES string of the molecule is CCCC(=O)O[C@]1(C(=O)O)[C@@H](C)CC2C3CCC4=CC(=O)C=C(CCC)C4(C)C3(F)[C@@H](O)CC21C. The molecule has 5 unspecified atom stereocenters. The molecule has 0 bridgehead atoms. The number of alkyl halides is 1. The number of esters is 1. The van der Waals surface area contributed by atoms with Crippen molar-refractivity contribution in [1.82, 2.24) is 0 Å². The van der Waals surface area contributed by atoms with E-state index in [4.69, 9.17) is 4.74 Å². The van der Waals surface area contributed by atoms with Crippen LogP contribution in [0, 0.1) is 28.6 Å². The number of fused-ring (bicyclic) bond motifs is 5. The van der Waals surface area contributed by atoms with Crippen molar-refractivity contribution in [2.24, 2.45) is 28.6 Å². The maximum atomic E-state index is 17.7. The van der Waals surface area contributed by atoms with Crippen LogP contribution in [0.5, 0.6) is 0 Å². The van der Waals surface area contributed by atoms with Gasteiger partial charge in [0.05, 0.1) is 6.10 Å². The summed E-state index contributed by atoms with van der Waals surface area (Å²) in [7, 11) is 0. The second-order valence-electron chi connectivity index (χ2n) is 11.7. The Balaban J connectivity index is 1.84. The molecule has 0 radical (unpaired) electrons. The molecule has 0 aromatic heterocycles. The number of hydrogen-bond acceptors (Lipinski definition) is 5. The molecule has 8 atom stereocenters. The predicted molar refractivity (Wildman–Crippen MR) is 128 cm³/mol. The number of carboxylic acids is 1. The van der Waals surface area contributed by atoms with Crippen molar-refractivity contribution in [2.75, 3.05) is 0 Å². The number of rotatable bonds is 6. The standard InChI is InChI=1S/C28H39FO6/c1-6-8-17-13-19(30)14-18-10-11-20-21-12-16(3)28(24(33)34,35-23(32)9-7-2)25(21,4)15-22(31)27(20,29)26(17,18)5/h13-14,16,20-22,31H,6-12,15H2,1-5H3,(H,33,34)/t16-,20?,21?,22-,25?,26?,27?,28-/m0/s1. The molecule has 6 nitrogen and oxygen atoms in total. The summed E-state index contributed by atoms with van der Waals surface area (Å²) in [6.45, 7) is 9.15. The van der Waals surface area contributed by atoms with Crippen LogP contribution < -0.4 is 0 Å². The molecule has 35 heavy (non-hydrogen) atoms. The van der Waals surface area contributed by atoms with E-state index in [0.717, 1.165) is 12.0 Å². The number of ether oxygens (including phenoxy) is 1. The molecule has 4 aliphatic carbocycles. The lowest BCUT2D eigenvalue weighted by Crippen LogP contribution is -2.70. The fraction of sp³-hybridized carbons (Fsp3) is 0.750. The van der Waals surface area contributed by atoms with Crippen molar-refractivity contribution >= 4 is 17.7 Å². The Bertz CT molecular complexity index is 1000. The number of aliphatic carboxylic acids is 1. The number of hydrogen-bond donors (Lipinski definition) is 2. The van der Waals surface area contributed by atoms with Gasteiger partial charge < -0.3 is 14.9 Å². The summed E-state index contributed by atoms with van der Waals surface area (Å²) in [5.41, 5.74) is -4.70. The molecule has 2 N–H and O–H groups in total. The summed E-state index contributed by atoms with van der Waals surface area (Å²) in [6.07, 6.45) is 4.71. The van der Waals surface area contributed by atoms with Gasteiger partial charge in [0.1, 0.15) is 0 Å². The molecular weight excluding hydrogens is 451 g/mol. The van der Waals surface area contributed by atoms with Crippen LogP contribution in [-0.4, -0.2) is 45.3 Å². The van der Waals surface area contributed by atoms with Crippen LogP contribution in [-0.2, 0) is 19.1 Å². The van der Waals surface area contributed by atoms with Gasteiger partial charge in [-0.3, -0.25) is 9.59 Å². The number of ketones is 1. The Morgan fingerprint density at radius 1 is 1.17 bits per heavy atom. The third-order valence-electron chi connectivity index (χ3n) is 10.1. The first-order valence-corrected chi connectivity index (χ1v) is 13.1. The van der Waals surface area contributed by atoms with E-state index < -0.39 is 57.9 Å². The zero-order valence-electron chi connectivity index (χ0n) is 21.5. The zero-order chi connectivity index (χ0) is 26.0. The third-order valence-corrected chi connectivity index (χ3v) is 10.1.